The number of hydrogen-bond donors (Lipinski definition) is 1. The number of imide groups is 1. The van der Waals surface area contributed by atoms with Crippen LogP contribution < -0.4 is 9.96 Å². The summed E-state index contributed by atoms with van der Waals surface area (Å²) in [5, 5.41) is 11.6. The van der Waals surface area contributed by atoms with Gasteiger partial charge in [0.15, 0.2) is 6.10 Å². The molecule has 0 saturated carbocycles. The number of para-hydroxylation sites is 1. The summed E-state index contributed by atoms with van der Waals surface area (Å²) >= 11 is 3.37. The average molecular weight is 465 g/mol. The van der Waals surface area contributed by atoms with Crippen molar-refractivity contribution in [2.75, 3.05) is 9.96 Å². The smallest absolute Gasteiger partial charge is 0.266 e. The SMILES string of the molecule is O=C1[C@H]2[C@@H](c3cccc(O)c3)N(c3ccccc3)O[C@H]2C(=O)N1c1ccc(Br)cc1. The first-order valence-electron chi connectivity index (χ1n) is 9.48. The molecule has 7 heteroatoms. The maximum Gasteiger partial charge on any atom is 0.266 e. The Morgan fingerprint density at radius 2 is 1.57 bits per heavy atom. The normalized spacial score (nSPS) is 23.2. The summed E-state index contributed by atoms with van der Waals surface area (Å²) in [4.78, 5) is 33.9. The molecule has 0 aliphatic carbocycles. The van der Waals surface area contributed by atoms with Gasteiger partial charge in [0.25, 0.3) is 5.91 Å². The number of phenols is 1. The van der Waals surface area contributed by atoms with Crippen molar-refractivity contribution in [1.29, 1.82) is 0 Å². The number of rotatable bonds is 3. The van der Waals surface area contributed by atoms with E-state index in [2.05, 4.69) is 15.9 Å². The second-order valence-electron chi connectivity index (χ2n) is 7.24. The van der Waals surface area contributed by atoms with E-state index in [0.717, 1.165) is 10.2 Å². The molecule has 0 aromatic heterocycles. The van der Waals surface area contributed by atoms with E-state index in [9.17, 15) is 14.7 Å². The fourth-order valence-electron chi connectivity index (χ4n) is 4.11. The first-order chi connectivity index (χ1) is 14.5. The maximum atomic E-state index is 13.5. The molecule has 2 fully saturated rings. The zero-order valence-electron chi connectivity index (χ0n) is 15.7. The van der Waals surface area contributed by atoms with E-state index in [1.807, 2.05) is 36.4 Å². The van der Waals surface area contributed by atoms with Crippen molar-refractivity contribution in [2.45, 2.75) is 12.1 Å². The molecule has 3 atom stereocenters. The molecule has 0 spiro atoms. The van der Waals surface area contributed by atoms with Gasteiger partial charge in [0.1, 0.15) is 11.7 Å². The average Bonchev–Trinajstić information content (AvgIpc) is 3.26. The number of nitrogens with zero attached hydrogens (tertiary/aromatic N) is 2. The Labute approximate surface area is 181 Å². The van der Waals surface area contributed by atoms with Gasteiger partial charge in [-0.1, -0.05) is 46.3 Å². The molecule has 5 rings (SSSR count). The molecule has 2 aliphatic heterocycles. The van der Waals surface area contributed by atoms with Crippen molar-refractivity contribution < 1.29 is 19.5 Å². The highest BCUT2D eigenvalue weighted by Gasteiger charge is 2.60. The zero-order valence-corrected chi connectivity index (χ0v) is 17.3. The van der Waals surface area contributed by atoms with Gasteiger partial charge in [0, 0.05) is 4.47 Å². The van der Waals surface area contributed by atoms with Crippen LogP contribution >= 0.6 is 15.9 Å². The monoisotopic (exact) mass is 464 g/mol. The van der Waals surface area contributed by atoms with E-state index in [1.165, 1.54) is 4.90 Å². The summed E-state index contributed by atoms with van der Waals surface area (Å²) in [6, 6.07) is 22.5. The molecule has 0 bridgehead atoms. The molecule has 1 N–H and O–H groups in total. The lowest BCUT2D eigenvalue weighted by Gasteiger charge is -2.28. The van der Waals surface area contributed by atoms with Crippen LogP contribution in [0.3, 0.4) is 0 Å². The highest BCUT2D eigenvalue weighted by molar-refractivity contribution is 9.10. The molecule has 2 aliphatic rings. The van der Waals surface area contributed by atoms with Crippen LogP contribution in [0.1, 0.15) is 11.6 Å². The number of carbonyl (C=O) groups excluding carboxylic acids is 2. The van der Waals surface area contributed by atoms with Gasteiger partial charge in [0.05, 0.1) is 17.4 Å². The van der Waals surface area contributed by atoms with Crippen molar-refractivity contribution in [3.8, 4) is 5.75 Å². The van der Waals surface area contributed by atoms with Crippen LogP contribution in [0.5, 0.6) is 5.75 Å². The van der Waals surface area contributed by atoms with Crippen molar-refractivity contribution in [1.82, 2.24) is 0 Å². The first kappa shape index (κ1) is 18.8. The van der Waals surface area contributed by atoms with Gasteiger partial charge < -0.3 is 5.11 Å². The fourth-order valence-corrected chi connectivity index (χ4v) is 4.37. The Balaban J connectivity index is 1.59. The number of hydroxylamine groups is 1. The molecule has 6 nitrogen and oxygen atoms in total. The van der Waals surface area contributed by atoms with Gasteiger partial charge in [-0.05, 0) is 54.1 Å². The van der Waals surface area contributed by atoms with Crippen molar-refractivity contribution >= 4 is 39.1 Å². The standard InChI is InChI=1S/C23H17BrN2O4/c24-15-9-11-16(12-10-15)25-22(28)19-20(14-5-4-8-18(27)13-14)26(30-21(19)23(25)29)17-6-2-1-3-7-17/h1-13,19-21,27H/t19-,20+,21+/m0/s1. The Morgan fingerprint density at radius 1 is 0.833 bits per heavy atom. The predicted octanol–water partition coefficient (Wildman–Crippen LogP) is 4.21. The third-order valence-electron chi connectivity index (χ3n) is 5.42. The molecule has 30 heavy (non-hydrogen) atoms. The molecule has 2 amide bonds. The van der Waals surface area contributed by atoms with Crippen molar-refractivity contribution in [2.24, 2.45) is 5.92 Å². The van der Waals surface area contributed by atoms with Gasteiger partial charge in [-0.25, -0.2) is 9.96 Å². The summed E-state index contributed by atoms with van der Waals surface area (Å²) in [7, 11) is 0. The number of anilines is 2. The van der Waals surface area contributed by atoms with Crippen molar-refractivity contribution in [3.63, 3.8) is 0 Å². The minimum Gasteiger partial charge on any atom is -0.508 e. The maximum absolute atomic E-state index is 13.5. The predicted molar refractivity (Wildman–Crippen MR) is 115 cm³/mol. The molecule has 2 saturated heterocycles. The topological polar surface area (TPSA) is 70.1 Å². The van der Waals surface area contributed by atoms with Crippen LogP contribution in [0.15, 0.2) is 83.3 Å². The van der Waals surface area contributed by atoms with E-state index in [4.69, 9.17) is 4.84 Å². The molecule has 0 unspecified atom stereocenters. The van der Waals surface area contributed by atoms with Crippen LogP contribution in [-0.4, -0.2) is 23.0 Å². The van der Waals surface area contributed by atoms with E-state index < -0.39 is 24.0 Å². The van der Waals surface area contributed by atoms with Gasteiger partial charge in [-0.3, -0.25) is 14.4 Å². The second-order valence-corrected chi connectivity index (χ2v) is 8.16. The minimum absolute atomic E-state index is 0.0884. The third kappa shape index (κ3) is 2.98. The summed E-state index contributed by atoms with van der Waals surface area (Å²) in [6.07, 6.45) is -0.936. The second kappa shape index (κ2) is 7.27. The van der Waals surface area contributed by atoms with Crippen LogP contribution in [0.25, 0.3) is 0 Å². The lowest BCUT2D eigenvalue weighted by Crippen LogP contribution is -2.37. The Kier molecular flexibility index (Phi) is 4.56. The van der Waals surface area contributed by atoms with E-state index >= 15 is 0 Å². The number of halogens is 1. The van der Waals surface area contributed by atoms with Crippen LogP contribution in [-0.2, 0) is 14.4 Å². The molecule has 0 radical (unpaired) electrons. The highest BCUT2D eigenvalue weighted by Crippen LogP contribution is 2.47. The number of phenolic OH excluding ortho intramolecular Hbond substituents is 1. The largest absolute Gasteiger partial charge is 0.508 e. The zero-order chi connectivity index (χ0) is 20.8. The van der Waals surface area contributed by atoms with E-state index in [-0.39, 0.29) is 11.7 Å². The van der Waals surface area contributed by atoms with Gasteiger partial charge >= 0.3 is 0 Å². The van der Waals surface area contributed by atoms with E-state index in [0.29, 0.717) is 11.3 Å². The lowest BCUT2D eigenvalue weighted by atomic mass is 9.90. The van der Waals surface area contributed by atoms with Gasteiger partial charge in [-0.15, -0.1) is 0 Å². The molecule has 3 aromatic rings. The van der Waals surface area contributed by atoms with Crippen LogP contribution in [0.2, 0.25) is 0 Å². The lowest BCUT2D eigenvalue weighted by molar-refractivity contribution is -0.126. The quantitative estimate of drug-likeness (QED) is 0.588. The first-order valence-corrected chi connectivity index (χ1v) is 10.3. The molecule has 150 valence electrons. The van der Waals surface area contributed by atoms with Gasteiger partial charge in [0.2, 0.25) is 5.91 Å². The summed E-state index contributed by atoms with van der Waals surface area (Å²) < 4.78 is 0.856. The summed E-state index contributed by atoms with van der Waals surface area (Å²) in [5.74, 6) is -1.36. The number of aromatic hydroxyl groups is 1. The Morgan fingerprint density at radius 3 is 2.27 bits per heavy atom. The number of amides is 2. The highest BCUT2D eigenvalue weighted by atomic mass is 79.9. The summed E-state index contributed by atoms with van der Waals surface area (Å²) in [6.45, 7) is 0. The van der Waals surface area contributed by atoms with E-state index in [1.54, 1.807) is 47.5 Å². The number of hydrogen-bond acceptors (Lipinski definition) is 5. The van der Waals surface area contributed by atoms with Crippen LogP contribution in [0.4, 0.5) is 11.4 Å². The van der Waals surface area contributed by atoms with Crippen LogP contribution in [0, 0.1) is 5.92 Å². The summed E-state index contributed by atoms with van der Waals surface area (Å²) in [5.41, 5.74) is 1.94. The molecular formula is C23H17BrN2O4. The molecule has 3 aromatic carbocycles. The number of carbonyl (C=O) groups is 2. The molecule has 2 heterocycles. The number of benzene rings is 3. The fraction of sp³-hybridized carbons (Fsp3) is 0.130. The minimum atomic E-state index is -0.936. The third-order valence-corrected chi connectivity index (χ3v) is 5.95. The Bertz CT molecular complexity index is 1120. The number of fused-ring (bicyclic) bond motifs is 1. The molecular weight excluding hydrogens is 448 g/mol. The van der Waals surface area contributed by atoms with Gasteiger partial charge in [-0.2, -0.15) is 0 Å². The Hall–Kier alpha value is -3.16. The van der Waals surface area contributed by atoms with Crippen molar-refractivity contribution in [3.05, 3.63) is 88.9 Å².